The van der Waals surface area contributed by atoms with Crippen LogP contribution < -0.4 is 0 Å². The van der Waals surface area contributed by atoms with Crippen molar-refractivity contribution in [1.82, 2.24) is 4.57 Å². The second-order valence-electron chi connectivity index (χ2n) is 5.82. The second kappa shape index (κ2) is 6.78. The number of aromatic nitrogens is 1. The Morgan fingerprint density at radius 1 is 1.08 bits per heavy atom. The number of allylic oxidation sites excluding steroid dienone is 1. The predicted molar refractivity (Wildman–Crippen MR) is 107 cm³/mol. The van der Waals surface area contributed by atoms with Crippen LogP contribution in [-0.2, 0) is 13.0 Å². The molecule has 0 radical (unpaired) electrons. The molecule has 0 bridgehead atoms. The molecule has 0 spiro atoms. The number of hydrogen-bond donors (Lipinski definition) is 1. The van der Waals surface area contributed by atoms with Crippen LogP contribution in [0.25, 0.3) is 11.6 Å². The number of rotatable bonds is 4. The molecule has 0 aliphatic carbocycles. The average molecular weight is 364 g/mol. The first-order valence-corrected chi connectivity index (χ1v) is 9.26. The van der Waals surface area contributed by atoms with E-state index in [0.717, 1.165) is 28.1 Å². The molecule has 0 amide bonds. The lowest BCUT2D eigenvalue weighted by Crippen LogP contribution is -2.00. The van der Waals surface area contributed by atoms with E-state index < -0.39 is 0 Å². The molecule has 1 aliphatic heterocycles. The number of hydrogen-bond acceptors (Lipinski definition) is 4. The number of aryl methyl sites for hydroxylation is 1. The minimum Gasteiger partial charge on any atom is -0.493 e. The highest BCUT2D eigenvalue weighted by molar-refractivity contribution is 7.73. The molecule has 0 saturated carbocycles. The summed E-state index contributed by atoms with van der Waals surface area (Å²) in [7, 11) is 0. The number of nitrogens with zero attached hydrogens (tertiary/aromatic N) is 2. The lowest BCUT2D eigenvalue weighted by Gasteiger charge is -2.05. The van der Waals surface area contributed by atoms with Gasteiger partial charge in [0, 0.05) is 23.9 Å². The summed E-state index contributed by atoms with van der Waals surface area (Å²) in [6.07, 6.45) is 4.63. The molecule has 25 heavy (non-hydrogen) atoms. The fraction of sp³-hybridized carbons (Fsp3) is 0.100. The van der Waals surface area contributed by atoms with Crippen molar-refractivity contribution in [1.29, 1.82) is 0 Å². The summed E-state index contributed by atoms with van der Waals surface area (Å²) >= 11 is 6.88. The van der Waals surface area contributed by atoms with Crippen molar-refractivity contribution in [2.45, 2.75) is 13.0 Å². The van der Waals surface area contributed by atoms with Crippen molar-refractivity contribution in [3.8, 4) is 5.88 Å². The van der Waals surface area contributed by atoms with Gasteiger partial charge in [-0.05, 0) is 36.3 Å². The van der Waals surface area contributed by atoms with Crippen molar-refractivity contribution in [3.63, 3.8) is 0 Å². The van der Waals surface area contributed by atoms with Gasteiger partial charge in [-0.3, -0.25) is 9.56 Å². The number of benzene rings is 2. The Morgan fingerprint density at radius 3 is 2.68 bits per heavy atom. The summed E-state index contributed by atoms with van der Waals surface area (Å²) in [5.41, 5.74) is 4.27. The maximum Gasteiger partial charge on any atom is 0.210 e. The van der Waals surface area contributed by atoms with Gasteiger partial charge in [-0.15, -0.1) is 11.3 Å². The zero-order valence-electron chi connectivity index (χ0n) is 13.4. The van der Waals surface area contributed by atoms with Crippen LogP contribution in [0.2, 0.25) is 0 Å². The molecule has 0 unspecified atom stereocenters. The maximum absolute atomic E-state index is 10.6. The number of aliphatic imine (C=N–C) groups is 1. The van der Waals surface area contributed by atoms with Gasteiger partial charge in [-0.1, -0.05) is 48.5 Å². The Labute approximate surface area is 155 Å². The van der Waals surface area contributed by atoms with Crippen molar-refractivity contribution >= 4 is 47.1 Å². The van der Waals surface area contributed by atoms with Gasteiger partial charge in [0.1, 0.15) is 0 Å². The zero-order valence-corrected chi connectivity index (χ0v) is 15.1. The number of fused-ring (bicyclic) bond motifs is 1. The number of thiazole rings is 1. The smallest absolute Gasteiger partial charge is 0.210 e. The first-order valence-electron chi connectivity index (χ1n) is 8.04. The monoisotopic (exact) mass is 364 g/mol. The highest BCUT2D eigenvalue weighted by atomic mass is 32.1. The van der Waals surface area contributed by atoms with Crippen LogP contribution >= 0.6 is 23.6 Å². The standard InChI is InChI=1S/C20H16N2OS2/c23-19-18(12-15-13-21-17-9-5-4-8-16(15)17)25-20(24)22(19)11-10-14-6-2-1-3-7-14/h1-9,12-13,23H,10-11H2. The van der Waals surface area contributed by atoms with E-state index in [1.54, 1.807) is 4.57 Å². The van der Waals surface area contributed by atoms with Gasteiger partial charge in [-0.25, -0.2) is 0 Å². The van der Waals surface area contributed by atoms with Crippen LogP contribution in [-0.4, -0.2) is 15.9 Å². The summed E-state index contributed by atoms with van der Waals surface area (Å²) < 4.78 is 2.49. The van der Waals surface area contributed by atoms with Gasteiger partial charge in [0.15, 0.2) is 3.95 Å². The Bertz CT molecular complexity index is 1030. The molecule has 3 aromatic rings. The van der Waals surface area contributed by atoms with E-state index >= 15 is 0 Å². The topological polar surface area (TPSA) is 37.5 Å². The maximum atomic E-state index is 10.6. The number of aromatic hydroxyl groups is 1. The minimum atomic E-state index is 0.233. The van der Waals surface area contributed by atoms with Crippen LogP contribution in [0.1, 0.15) is 16.0 Å². The van der Waals surface area contributed by atoms with Crippen LogP contribution in [0.3, 0.4) is 0 Å². The quantitative estimate of drug-likeness (QED) is 0.622. The molecule has 1 N–H and O–H groups in total. The molecular formula is C20H16N2OS2. The molecule has 4 rings (SSSR count). The fourth-order valence-electron chi connectivity index (χ4n) is 2.89. The Hall–Kier alpha value is -2.50. The van der Waals surface area contributed by atoms with Crippen LogP contribution in [0.4, 0.5) is 5.69 Å². The third kappa shape index (κ3) is 3.21. The van der Waals surface area contributed by atoms with Crippen LogP contribution in [0.15, 0.2) is 59.6 Å². The predicted octanol–water partition coefficient (Wildman–Crippen LogP) is 5.48. The molecule has 2 aromatic carbocycles. The summed E-state index contributed by atoms with van der Waals surface area (Å²) in [6, 6.07) is 18.2. The third-order valence-corrected chi connectivity index (χ3v) is 5.59. The molecule has 1 aliphatic rings. The summed E-state index contributed by atoms with van der Waals surface area (Å²) in [6.45, 7) is 0.666. The van der Waals surface area contributed by atoms with E-state index in [1.165, 1.54) is 16.9 Å². The van der Waals surface area contributed by atoms with E-state index in [-0.39, 0.29) is 5.88 Å². The summed E-state index contributed by atoms with van der Waals surface area (Å²) in [5, 5.41) is 10.6. The second-order valence-corrected chi connectivity index (χ2v) is 7.49. The van der Waals surface area contributed by atoms with E-state index in [4.69, 9.17) is 12.2 Å². The van der Waals surface area contributed by atoms with Gasteiger partial charge in [-0.2, -0.15) is 0 Å². The SMILES string of the molecule is Oc1c(C=C2C=Nc3ccccc32)sc(=S)n1CCc1ccccc1. The average Bonchev–Trinajstić information content (AvgIpc) is 3.16. The molecule has 124 valence electrons. The van der Waals surface area contributed by atoms with E-state index in [9.17, 15) is 5.11 Å². The highest BCUT2D eigenvalue weighted by Crippen LogP contribution is 2.35. The van der Waals surface area contributed by atoms with E-state index in [0.29, 0.717) is 10.5 Å². The van der Waals surface area contributed by atoms with Gasteiger partial charge in [0.2, 0.25) is 5.88 Å². The molecule has 3 nitrogen and oxygen atoms in total. The van der Waals surface area contributed by atoms with Crippen molar-refractivity contribution in [2.75, 3.05) is 0 Å². The molecule has 2 heterocycles. The lowest BCUT2D eigenvalue weighted by molar-refractivity contribution is 0.414. The van der Waals surface area contributed by atoms with Crippen molar-refractivity contribution < 1.29 is 5.11 Å². The highest BCUT2D eigenvalue weighted by Gasteiger charge is 2.15. The first-order chi connectivity index (χ1) is 12.2. The third-order valence-electron chi connectivity index (χ3n) is 4.20. The molecule has 1 aromatic heterocycles. The van der Waals surface area contributed by atoms with E-state index in [1.807, 2.05) is 54.8 Å². The van der Waals surface area contributed by atoms with Crippen LogP contribution in [0, 0.1) is 3.95 Å². The zero-order chi connectivity index (χ0) is 17.2. The van der Waals surface area contributed by atoms with Gasteiger partial charge >= 0.3 is 0 Å². The minimum absolute atomic E-state index is 0.233. The van der Waals surface area contributed by atoms with Crippen LogP contribution in [0.5, 0.6) is 5.88 Å². The molecule has 0 atom stereocenters. The normalized spacial score (nSPS) is 14.2. The van der Waals surface area contributed by atoms with Crippen molar-refractivity contribution in [3.05, 3.63) is 74.6 Å². The largest absolute Gasteiger partial charge is 0.493 e. The number of para-hydroxylation sites is 1. The Kier molecular flexibility index (Phi) is 4.34. The lowest BCUT2D eigenvalue weighted by atomic mass is 10.1. The molecule has 0 fully saturated rings. The molecular weight excluding hydrogens is 348 g/mol. The van der Waals surface area contributed by atoms with Gasteiger partial charge < -0.3 is 5.11 Å². The summed E-state index contributed by atoms with van der Waals surface area (Å²) in [5.74, 6) is 0.233. The Morgan fingerprint density at radius 2 is 1.84 bits per heavy atom. The van der Waals surface area contributed by atoms with Gasteiger partial charge in [0.25, 0.3) is 0 Å². The summed E-state index contributed by atoms with van der Waals surface area (Å²) in [4.78, 5) is 5.18. The first kappa shape index (κ1) is 16.0. The van der Waals surface area contributed by atoms with Crippen molar-refractivity contribution in [2.24, 2.45) is 4.99 Å². The molecule has 0 saturated heterocycles. The molecule has 5 heteroatoms. The van der Waals surface area contributed by atoms with Gasteiger partial charge in [0.05, 0.1) is 10.6 Å². The van der Waals surface area contributed by atoms with E-state index in [2.05, 4.69) is 17.1 Å². The Balaban J connectivity index is 1.62. The fourth-order valence-corrected chi connectivity index (χ4v) is 4.20.